The highest BCUT2D eigenvalue weighted by atomic mass is 16.5. The Kier molecular flexibility index (Phi) is 6.02. The second-order valence-electron chi connectivity index (χ2n) is 7.57. The third-order valence-corrected chi connectivity index (χ3v) is 4.21. The molecule has 0 aliphatic heterocycles. The Balaban J connectivity index is 1.56. The zero-order valence-corrected chi connectivity index (χ0v) is 16.7. The number of ether oxygens (including phenoxy) is 1. The van der Waals surface area contributed by atoms with Crippen molar-refractivity contribution in [3.05, 3.63) is 72.1 Å². The standard InChI is InChI=1S/C23H23N3O3/c1-23(2,3)17-8-4-5-9-18(17)26-21(27)15-29-22(28)13-12-16-14-24-19-10-6-7-11-20(19)25-16/h4-14H,15H2,1-3H3,(H,26,27). The summed E-state index contributed by atoms with van der Waals surface area (Å²) in [6, 6.07) is 15.0. The van der Waals surface area contributed by atoms with Crippen LogP contribution in [0.25, 0.3) is 17.1 Å². The lowest BCUT2D eigenvalue weighted by Crippen LogP contribution is -2.23. The van der Waals surface area contributed by atoms with Crippen LogP contribution in [-0.2, 0) is 19.7 Å². The molecule has 0 saturated carbocycles. The van der Waals surface area contributed by atoms with Gasteiger partial charge in [-0.05, 0) is 35.3 Å². The molecule has 0 saturated heterocycles. The zero-order valence-electron chi connectivity index (χ0n) is 16.7. The third-order valence-electron chi connectivity index (χ3n) is 4.21. The Labute approximate surface area is 169 Å². The van der Waals surface area contributed by atoms with E-state index in [0.29, 0.717) is 11.4 Å². The topological polar surface area (TPSA) is 81.2 Å². The van der Waals surface area contributed by atoms with E-state index in [1.807, 2.05) is 48.5 Å². The third kappa shape index (κ3) is 5.48. The second-order valence-corrected chi connectivity index (χ2v) is 7.57. The van der Waals surface area contributed by atoms with Crippen LogP contribution in [-0.4, -0.2) is 28.5 Å². The summed E-state index contributed by atoms with van der Waals surface area (Å²) in [4.78, 5) is 32.8. The maximum atomic E-state index is 12.2. The van der Waals surface area contributed by atoms with Gasteiger partial charge in [-0.3, -0.25) is 9.78 Å². The van der Waals surface area contributed by atoms with E-state index in [1.165, 1.54) is 12.2 Å². The monoisotopic (exact) mass is 389 g/mol. The predicted octanol–water partition coefficient (Wildman–Crippen LogP) is 4.12. The van der Waals surface area contributed by atoms with Crippen molar-refractivity contribution in [2.45, 2.75) is 26.2 Å². The van der Waals surface area contributed by atoms with Gasteiger partial charge in [0, 0.05) is 11.8 Å². The highest BCUT2D eigenvalue weighted by Gasteiger charge is 2.18. The van der Waals surface area contributed by atoms with Gasteiger partial charge in [-0.15, -0.1) is 0 Å². The molecule has 0 aliphatic carbocycles. The Morgan fingerprint density at radius 1 is 1.03 bits per heavy atom. The summed E-state index contributed by atoms with van der Waals surface area (Å²) in [7, 11) is 0. The highest BCUT2D eigenvalue weighted by Crippen LogP contribution is 2.29. The van der Waals surface area contributed by atoms with Gasteiger partial charge in [-0.1, -0.05) is 51.1 Å². The average Bonchev–Trinajstić information content (AvgIpc) is 2.70. The number of rotatable bonds is 5. The molecule has 1 amide bonds. The van der Waals surface area contributed by atoms with Crippen LogP contribution in [0.2, 0.25) is 0 Å². The Bertz CT molecular complexity index is 1070. The fourth-order valence-electron chi connectivity index (χ4n) is 2.82. The Morgan fingerprint density at radius 2 is 1.72 bits per heavy atom. The average molecular weight is 389 g/mol. The smallest absolute Gasteiger partial charge is 0.331 e. The molecule has 0 fully saturated rings. The molecule has 3 aromatic rings. The van der Waals surface area contributed by atoms with Crippen LogP contribution in [0, 0.1) is 0 Å². The number of hydrogen-bond donors (Lipinski definition) is 1. The maximum absolute atomic E-state index is 12.2. The van der Waals surface area contributed by atoms with Gasteiger partial charge in [0.15, 0.2) is 6.61 Å². The van der Waals surface area contributed by atoms with Gasteiger partial charge in [-0.2, -0.15) is 0 Å². The van der Waals surface area contributed by atoms with Gasteiger partial charge in [-0.25, -0.2) is 9.78 Å². The molecule has 0 unspecified atom stereocenters. The first-order valence-electron chi connectivity index (χ1n) is 9.29. The van der Waals surface area contributed by atoms with E-state index < -0.39 is 11.9 Å². The fourth-order valence-corrected chi connectivity index (χ4v) is 2.82. The van der Waals surface area contributed by atoms with Crippen molar-refractivity contribution in [1.82, 2.24) is 9.97 Å². The van der Waals surface area contributed by atoms with Crippen LogP contribution in [0.4, 0.5) is 5.69 Å². The summed E-state index contributed by atoms with van der Waals surface area (Å²) >= 11 is 0. The number of esters is 1. The Hall–Kier alpha value is -3.54. The van der Waals surface area contributed by atoms with Crippen LogP contribution in [0.1, 0.15) is 32.0 Å². The molecule has 3 rings (SSSR count). The van der Waals surface area contributed by atoms with E-state index in [9.17, 15) is 9.59 Å². The minimum atomic E-state index is -0.626. The number of anilines is 1. The van der Waals surface area contributed by atoms with Crippen molar-refractivity contribution in [3.63, 3.8) is 0 Å². The van der Waals surface area contributed by atoms with Crippen molar-refractivity contribution in [3.8, 4) is 0 Å². The predicted molar refractivity (Wildman–Crippen MR) is 113 cm³/mol. The van der Waals surface area contributed by atoms with Crippen LogP contribution in [0.15, 0.2) is 60.8 Å². The molecule has 6 nitrogen and oxygen atoms in total. The number of carbonyl (C=O) groups is 2. The largest absolute Gasteiger partial charge is 0.452 e. The van der Waals surface area contributed by atoms with Crippen LogP contribution >= 0.6 is 0 Å². The first-order chi connectivity index (χ1) is 13.8. The van der Waals surface area contributed by atoms with E-state index in [2.05, 4.69) is 36.1 Å². The summed E-state index contributed by atoms with van der Waals surface area (Å²) in [6.07, 6.45) is 4.31. The van der Waals surface area contributed by atoms with Crippen molar-refractivity contribution >= 4 is 34.7 Å². The first kappa shape index (κ1) is 20.2. The van der Waals surface area contributed by atoms with Crippen molar-refractivity contribution < 1.29 is 14.3 Å². The molecular formula is C23H23N3O3. The molecule has 1 N–H and O–H groups in total. The molecular weight excluding hydrogens is 366 g/mol. The molecule has 0 radical (unpaired) electrons. The summed E-state index contributed by atoms with van der Waals surface area (Å²) < 4.78 is 5.02. The van der Waals surface area contributed by atoms with E-state index in [1.54, 1.807) is 6.20 Å². The molecule has 6 heteroatoms. The second kappa shape index (κ2) is 8.65. The first-order valence-corrected chi connectivity index (χ1v) is 9.29. The van der Waals surface area contributed by atoms with Gasteiger partial charge >= 0.3 is 5.97 Å². The molecule has 2 aromatic carbocycles. The number of fused-ring (bicyclic) bond motifs is 1. The number of hydrogen-bond acceptors (Lipinski definition) is 5. The van der Waals surface area contributed by atoms with Crippen molar-refractivity contribution in [1.29, 1.82) is 0 Å². The SMILES string of the molecule is CC(C)(C)c1ccccc1NC(=O)COC(=O)C=Cc1cnc2ccccc2n1. The van der Waals surface area contributed by atoms with Crippen LogP contribution < -0.4 is 5.32 Å². The number of carbonyl (C=O) groups excluding carboxylic acids is 2. The molecule has 1 aromatic heterocycles. The van der Waals surface area contributed by atoms with Gasteiger partial charge in [0.2, 0.25) is 0 Å². The van der Waals surface area contributed by atoms with E-state index >= 15 is 0 Å². The lowest BCUT2D eigenvalue weighted by Gasteiger charge is -2.22. The normalized spacial score (nSPS) is 11.6. The fraction of sp³-hybridized carbons (Fsp3) is 0.217. The van der Waals surface area contributed by atoms with E-state index in [-0.39, 0.29) is 12.0 Å². The van der Waals surface area contributed by atoms with Crippen LogP contribution in [0.3, 0.4) is 0 Å². The minimum Gasteiger partial charge on any atom is -0.452 e. The number of nitrogens with one attached hydrogen (secondary N) is 1. The van der Waals surface area contributed by atoms with Crippen molar-refractivity contribution in [2.75, 3.05) is 11.9 Å². The quantitative estimate of drug-likeness (QED) is 0.524. The molecule has 29 heavy (non-hydrogen) atoms. The zero-order chi connectivity index (χ0) is 20.9. The van der Waals surface area contributed by atoms with E-state index in [4.69, 9.17) is 4.74 Å². The molecule has 148 valence electrons. The molecule has 0 bridgehead atoms. The summed E-state index contributed by atoms with van der Waals surface area (Å²) in [5.41, 5.74) is 3.64. The maximum Gasteiger partial charge on any atom is 0.331 e. The molecule has 1 heterocycles. The van der Waals surface area contributed by atoms with Crippen molar-refractivity contribution in [2.24, 2.45) is 0 Å². The highest BCUT2D eigenvalue weighted by molar-refractivity contribution is 5.95. The number of amides is 1. The van der Waals surface area contributed by atoms with Crippen LogP contribution in [0.5, 0.6) is 0 Å². The summed E-state index contributed by atoms with van der Waals surface area (Å²) in [6.45, 7) is 5.83. The number of para-hydroxylation sites is 3. The van der Waals surface area contributed by atoms with E-state index in [0.717, 1.165) is 16.6 Å². The lowest BCUT2D eigenvalue weighted by molar-refractivity contribution is -0.142. The molecule has 0 spiro atoms. The Morgan fingerprint density at radius 3 is 2.48 bits per heavy atom. The number of nitrogens with zero attached hydrogens (tertiary/aromatic N) is 2. The summed E-state index contributed by atoms with van der Waals surface area (Å²) in [5.74, 6) is -1.02. The number of benzene rings is 2. The van der Waals surface area contributed by atoms with Gasteiger partial charge in [0.25, 0.3) is 5.91 Å². The lowest BCUT2D eigenvalue weighted by atomic mass is 9.86. The number of aromatic nitrogens is 2. The van der Waals surface area contributed by atoms with Gasteiger partial charge < -0.3 is 10.1 Å². The van der Waals surface area contributed by atoms with Gasteiger partial charge in [0.1, 0.15) is 0 Å². The summed E-state index contributed by atoms with van der Waals surface area (Å²) in [5, 5.41) is 2.80. The molecule has 0 aliphatic rings. The minimum absolute atomic E-state index is 0.121. The van der Waals surface area contributed by atoms with Gasteiger partial charge in [0.05, 0.1) is 22.9 Å². The molecule has 0 atom stereocenters.